The second kappa shape index (κ2) is 5.53. The van der Waals surface area contributed by atoms with E-state index in [-0.39, 0.29) is 6.10 Å². The maximum Gasteiger partial charge on any atom is 0.0540 e. The highest BCUT2D eigenvalue weighted by atomic mass is 16.3. The van der Waals surface area contributed by atoms with E-state index in [0.29, 0.717) is 10.8 Å². The van der Waals surface area contributed by atoms with E-state index in [9.17, 15) is 5.11 Å². The molecule has 1 rings (SSSR count). The maximum absolute atomic E-state index is 9.86. The van der Waals surface area contributed by atoms with Crippen LogP contribution in [0, 0.1) is 10.8 Å². The average Bonchev–Trinajstić information content (AvgIpc) is 2.20. The SMILES string of the molecule is CCCC(O)CCC1(C)CCCCC1(C)C. The molecule has 1 N–H and O–H groups in total. The Bertz CT molecular complexity index is 209. The second-order valence-corrected chi connectivity index (χ2v) is 6.63. The highest BCUT2D eigenvalue weighted by Gasteiger charge is 2.42. The van der Waals surface area contributed by atoms with Gasteiger partial charge in [-0.25, -0.2) is 0 Å². The van der Waals surface area contributed by atoms with Crippen LogP contribution in [0.15, 0.2) is 0 Å². The first kappa shape index (κ1) is 14.0. The Labute approximate surface area is 102 Å². The number of aliphatic hydroxyl groups is 1. The molecule has 0 saturated heterocycles. The Morgan fingerprint density at radius 2 is 1.69 bits per heavy atom. The highest BCUT2D eigenvalue weighted by molar-refractivity contribution is 4.92. The van der Waals surface area contributed by atoms with Gasteiger partial charge in [-0.2, -0.15) is 0 Å². The molecule has 1 saturated carbocycles. The minimum absolute atomic E-state index is 0.0699. The standard InChI is InChI=1S/C15H30O/c1-5-8-13(16)9-12-15(4)11-7-6-10-14(15,2)3/h13,16H,5-12H2,1-4H3. The molecule has 0 aromatic heterocycles. The quantitative estimate of drug-likeness (QED) is 0.730. The van der Waals surface area contributed by atoms with E-state index >= 15 is 0 Å². The first-order valence-corrected chi connectivity index (χ1v) is 7.09. The molecular formula is C15H30O. The van der Waals surface area contributed by atoms with Gasteiger partial charge in [0.25, 0.3) is 0 Å². The van der Waals surface area contributed by atoms with Gasteiger partial charge in [0.05, 0.1) is 6.10 Å². The van der Waals surface area contributed by atoms with Gasteiger partial charge in [0.2, 0.25) is 0 Å². The van der Waals surface area contributed by atoms with E-state index in [1.54, 1.807) is 0 Å². The number of aliphatic hydroxyl groups excluding tert-OH is 1. The fourth-order valence-electron chi connectivity index (χ4n) is 3.15. The van der Waals surface area contributed by atoms with Gasteiger partial charge in [-0.05, 0) is 42.9 Å². The summed E-state index contributed by atoms with van der Waals surface area (Å²) in [7, 11) is 0. The van der Waals surface area contributed by atoms with Crippen molar-refractivity contribution in [2.45, 2.75) is 85.2 Å². The van der Waals surface area contributed by atoms with Crippen LogP contribution in [0.3, 0.4) is 0 Å². The van der Waals surface area contributed by atoms with Crippen molar-refractivity contribution in [1.29, 1.82) is 0 Å². The van der Waals surface area contributed by atoms with E-state index in [4.69, 9.17) is 0 Å². The van der Waals surface area contributed by atoms with Crippen molar-refractivity contribution >= 4 is 0 Å². The predicted molar refractivity (Wildman–Crippen MR) is 70.5 cm³/mol. The maximum atomic E-state index is 9.86. The lowest BCUT2D eigenvalue weighted by atomic mass is 9.57. The molecule has 1 heteroatoms. The van der Waals surface area contributed by atoms with Gasteiger partial charge in [0, 0.05) is 0 Å². The Balaban J connectivity index is 2.49. The average molecular weight is 226 g/mol. The lowest BCUT2D eigenvalue weighted by Crippen LogP contribution is -2.38. The van der Waals surface area contributed by atoms with Crippen molar-refractivity contribution in [2.24, 2.45) is 10.8 Å². The molecular weight excluding hydrogens is 196 g/mol. The summed E-state index contributed by atoms with van der Waals surface area (Å²) in [5.74, 6) is 0. The molecule has 1 fully saturated rings. The van der Waals surface area contributed by atoms with Gasteiger partial charge in [0.1, 0.15) is 0 Å². The summed E-state index contributed by atoms with van der Waals surface area (Å²) in [5, 5.41) is 9.86. The molecule has 96 valence electrons. The van der Waals surface area contributed by atoms with Crippen LogP contribution in [0.1, 0.15) is 79.1 Å². The van der Waals surface area contributed by atoms with Gasteiger partial charge in [-0.15, -0.1) is 0 Å². The number of rotatable bonds is 5. The largest absolute Gasteiger partial charge is 0.393 e. The molecule has 0 amide bonds. The molecule has 2 unspecified atom stereocenters. The Morgan fingerprint density at radius 3 is 2.25 bits per heavy atom. The van der Waals surface area contributed by atoms with Crippen molar-refractivity contribution in [3.05, 3.63) is 0 Å². The van der Waals surface area contributed by atoms with Crippen molar-refractivity contribution in [3.8, 4) is 0 Å². The molecule has 1 aliphatic carbocycles. The summed E-state index contributed by atoms with van der Waals surface area (Å²) in [5.41, 5.74) is 0.900. The highest BCUT2D eigenvalue weighted by Crippen LogP contribution is 2.52. The third-order valence-corrected chi connectivity index (χ3v) is 5.07. The van der Waals surface area contributed by atoms with E-state index in [0.717, 1.165) is 19.3 Å². The van der Waals surface area contributed by atoms with Crippen LogP contribution >= 0.6 is 0 Å². The third kappa shape index (κ3) is 3.23. The fraction of sp³-hybridized carbons (Fsp3) is 1.00. The topological polar surface area (TPSA) is 20.2 Å². The van der Waals surface area contributed by atoms with E-state index in [2.05, 4.69) is 27.7 Å². The normalized spacial score (nSPS) is 31.3. The van der Waals surface area contributed by atoms with Crippen molar-refractivity contribution in [1.82, 2.24) is 0 Å². The molecule has 2 atom stereocenters. The fourth-order valence-corrected chi connectivity index (χ4v) is 3.15. The van der Waals surface area contributed by atoms with E-state index in [1.807, 2.05) is 0 Å². The van der Waals surface area contributed by atoms with Crippen molar-refractivity contribution in [2.75, 3.05) is 0 Å². The molecule has 0 aromatic carbocycles. The zero-order valence-electron chi connectivity index (χ0n) is 11.7. The molecule has 0 heterocycles. The molecule has 0 radical (unpaired) electrons. The Kier molecular flexibility index (Phi) is 4.85. The monoisotopic (exact) mass is 226 g/mol. The van der Waals surface area contributed by atoms with Crippen LogP contribution in [0.25, 0.3) is 0 Å². The Morgan fingerprint density at radius 1 is 1.06 bits per heavy atom. The van der Waals surface area contributed by atoms with E-state index in [1.165, 1.54) is 32.1 Å². The van der Waals surface area contributed by atoms with Crippen LogP contribution in [-0.4, -0.2) is 11.2 Å². The molecule has 1 aliphatic rings. The van der Waals surface area contributed by atoms with Crippen molar-refractivity contribution < 1.29 is 5.11 Å². The molecule has 0 aromatic rings. The summed E-state index contributed by atoms with van der Waals surface area (Å²) >= 11 is 0. The van der Waals surface area contributed by atoms with Gasteiger partial charge in [-0.3, -0.25) is 0 Å². The van der Waals surface area contributed by atoms with Gasteiger partial charge < -0.3 is 5.11 Å². The van der Waals surface area contributed by atoms with Crippen LogP contribution in [0.2, 0.25) is 0 Å². The molecule has 0 spiro atoms. The summed E-state index contributed by atoms with van der Waals surface area (Å²) in [4.78, 5) is 0. The van der Waals surface area contributed by atoms with Crippen LogP contribution in [0.4, 0.5) is 0 Å². The summed E-state index contributed by atoms with van der Waals surface area (Å²) in [6, 6.07) is 0. The van der Waals surface area contributed by atoms with Crippen LogP contribution < -0.4 is 0 Å². The van der Waals surface area contributed by atoms with Gasteiger partial charge in [0.15, 0.2) is 0 Å². The third-order valence-electron chi connectivity index (χ3n) is 5.07. The molecule has 1 nitrogen and oxygen atoms in total. The lowest BCUT2D eigenvalue weighted by Gasteiger charge is -2.49. The van der Waals surface area contributed by atoms with Gasteiger partial charge in [-0.1, -0.05) is 47.0 Å². The zero-order chi connectivity index (χ0) is 12.2. The first-order chi connectivity index (χ1) is 7.41. The number of hydrogen-bond donors (Lipinski definition) is 1. The number of hydrogen-bond acceptors (Lipinski definition) is 1. The van der Waals surface area contributed by atoms with Crippen molar-refractivity contribution in [3.63, 3.8) is 0 Å². The van der Waals surface area contributed by atoms with Gasteiger partial charge >= 0.3 is 0 Å². The first-order valence-electron chi connectivity index (χ1n) is 7.09. The predicted octanol–water partition coefficient (Wildman–Crippen LogP) is 4.53. The second-order valence-electron chi connectivity index (χ2n) is 6.63. The zero-order valence-corrected chi connectivity index (χ0v) is 11.7. The van der Waals surface area contributed by atoms with E-state index < -0.39 is 0 Å². The lowest BCUT2D eigenvalue weighted by molar-refractivity contribution is 0.00939. The molecule has 0 bridgehead atoms. The summed E-state index contributed by atoms with van der Waals surface area (Å²) in [6.07, 6.45) is 9.66. The van der Waals surface area contributed by atoms with Crippen LogP contribution in [0.5, 0.6) is 0 Å². The molecule has 0 aliphatic heterocycles. The molecule has 16 heavy (non-hydrogen) atoms. The summed E-state index contributed by atoms with van der Waals surface area (Å²) < 4.78 is 0. The minimum atomic E-state index is -0.0699. The summed E-state index contributed by atoms with van der Waals surface area (Å²) in [6.45, 7) is 9.41. The van der Waals surface area contributed by atoms with Crippen LogP contribution in [-0.2, 0) is 0 Å². The minimum Gasteiger partial charge on any atom is -0.393 e. The Hall–Kier alpha value is -0.0400. The smallest absolute Gasteiger partial charge is 0.0540 e.